The zero-order chi connectivity index (χ0) is 24.2. The van der Waals surface area contributed by atoms with Crippen molar-refractivity contribution in [3.8, 4) is 11.3 Å². The maximum atomic E-state index is 15.2. The zero-order valence-electron chi connectivity index (χ0n) is 20.2. The number of hydrogen-bond acceptors (Lipinski definition) is 5. The molecule has 1 N–H and O–H groups in total. The molecule has 0 amide bonds. The van der Waals surface area contributed by atoms with Crippen molar-refractivity contribution in [3.05, 3.63) is 54.1 Å². The molecule has 6 rings (SSSR count). The van der Waals surface area contributed by atoms with E-state index in [1.165, 1.54) is 31.9 Å². The molecule has 2 aromatic heterocycles. The predicted octanol–water partition coefficient (Wildman–Crippen LogP) is 4.25. The average molecular weight is 497 g/mol. The number of nitrogens with zero attached hydrogens (tertiary/aromatic N) is 3. The van der Waals surface area contributed by atoms with Crippen molar-refractivity contribution in [2.45, 2.75) is 61.4 Å². The molecule has 186 valence electrons. The van der Waals surface area contributed by atoms with Gasteiger partial charge in [0.25, 0.3) is 0 Å². The molecule has 3 aliphatic rings. The van der Waals surface area contributed by atoms with Crippen LogP contribution in [0.1, 0.15) is 50.0 Å². The Balaban J connectivity index is 1.26. The minimum atomic E-state index is -3.26. The number of benzene rings is 1. The van der Waals surface area contributed by atoms with Crippen LogP contribution in [0, 0.1) is 11.7 Å². The normalized spacial score (nSPS) is 24.7. The van der Waals surface area contributed by atoms with Crippen molar-refractivity contribution < 1.29 is 12.8 Å². The Bertz CT molecular complexity index is 1330. The fourth-order valence-electron chi connectivity index (χ4n) is 6.17. The molecular weight excluding hydrogens is 463 g/mol. The van der Waals surface area contributed by atoms with E-state index in [2.05, 4.69) is 21.4 Å². The van der Waals surface area contributed by atoms with Crippen LogP contribution in [0.5, 0.6) is 0 Å². The van der Waals surface area contributed by atoms with Gasteiger partial charge in [-0.15, -0.1) is 0 Å². The molecule has 1 unspecified atom stereocenters. The van der Waals surface area contributed by atoms with E-state index < -0.39 is 9.84 Å². The van der Waals surface area contributed by atoms with Crippen LogP contribution in [0.2, 0.25) is 0 Å². The molecule has 4 heterocycles. The number of aromatic nitrogens is 2. The van der Waals surface area contributed by atoms with Crippen molar-refractivity contribution in [1.29, 1.82) is 0 Å². The number of halogens is 1. The van der Waals surface area contributed by atoms with Gasteiger partial charge in [0.05, 0.1) is 10.6 Å². The zero-order valence-corrected chi connectivity index (χ0v) is 21.0. The minimum absolute atomic E-state index is 0.263. The molecule has 0 bridgehead atoms. The van der Waals surface area contributed by atoms with Crippen LogP contribution < -0.4 is 5.32 Å². The molecule has 0 spiro atoms. The summed E-state index contributed by atoms with van der Waals surface area (Å²) in [6, 6.07) is 9.60. The summed E-state index contributed by atoms with van der Waals surface area (Å²) in [4.78, 5) is 7.57. The van der Waals surface area contributed by atoms with E-state index >= 15 is 4.39 Å². The second kappa shape index (κ2) is 8.98. The molecule has 2 atom stereocenters. The van der Waals surface area contributed by atoms with Crippen molar-refractivity contribution in [3.63, 3.8) is 0 Å². The molecule has 2 saturated heterocycles. The molecule has 35 heavy (non-hydrogen) atoms. The third-order valence-electron chi connectivity index (χ3n) is 8.21. The molecule has 1 aliphatic carbocycles. The lowest BCUT2D eigenvalue weighted by Crippen LogP contribution is -2.52. The molecule has 1 saturated carbocycles. The first-order chi connectivity index (χ1) is 16.9. The highest BCUT2D eigenvalue weighted by Crippen LogP contribution is 2.45. The molecule has 0 radical (unpaired) electrons. The van der Waals surface area contributed by atoms with Gasteiger partial charge in [-0.05, 0) is 93.8 Å². The van der Waals surface area contributed by atoms with Crippen LogP contribution in [-0.4, -0.2) is 60.7 Å². The standard InChI is InChI=1S/C27H33FN4O2S/c1-35(33,34)23-6-4-18(5-7-23)25-17-31-16-21(14-24(28)27(31)30-25)20-10-13-32(22-8-11-29-12-9-22)26(15-20)19-2-3-19/h4-7,14,16-17,19-20,22,26,29H,2-3,8-13,15H2,1H3/t20?,26-/m1/s1. The number of rotatable bonds is 5. The van der Waals surface area contributed by atoms with Crippen molar-refractivity contribution in [2.24, 2.45) is 5.92 Å². The number of nitrogens with one attached hydrogen (secondary N) is 1. The lowest BCUT2D eigenvalue weighted by atomic mass is 9.82. The Morgan fingerprint density at radius 1 is 1.03 bits per heavy atom. The van der Waals surface area contributed by atoms with Crippen LogP contribution in [0.15, 0.2) is 47.6 Å². The topological polar surface area (TPSA) is 66.7 Å². The Hall–Kier alpha value is -2.29. The van der Waals surface area contributed by atoms with E-state index in [4.69, 9.17) is 0 Å². The number of imidazole rings is 1. The summed E-state index contributed by atoms with van der Waals surface area (Å²) in [6.07, 6.45) is 12.4. The Labute approximate surface area is 206 Å². The number of likely N-dealkylation sites (tertiary alicyclic amines) is 1. The van der Waals surface area contributed by atoms with Crippen LogP contribution >= 0.6 is 0 Å². The lowest BCUT2D eigenvalue weighted by molar-refractivity contribution is 0.0556. The average Bonchev–Trinajstić information content (AvgIpc) is 3.62. The van der Waals surface area contributed by atoms with Gasteiger partial charge in [0.1, 0.15) is 0 Å². The predicted molar refractivity (Wildman–Crippen MR) is 135 cm³/mol. The summed E-state index contributed by atoms with van der Waals surface area (Å²) in [7, 11) is -3.26. The van der Waals surface area contributed by atoms with Gasteiger partial charge in [-0.2, -0.15) is 0 Å². The second-order valence-electron chi connectivity index (χ2n) is 10.6. The molecule has 8 heteroatoms. The summed E-state index contributed by atoms with van der Waals surface area (Å²) in [5, 5.41) is 3.49. The third kappa shape index (κ3) is 4.63. The van der Waals surface area contributed by atoms with Gasteiger partial charge in [-0.25, -0.2) is 17.8 Å². The monoisotopic (exact) mass is 496 g/mol. The van der Waals surface area contributed by atoms with Gasteiger partial charge in [0.2, 0.25) is 0 Å². The van der Waals surface area contributed by atoms with E-state index in [1.54, 1.807) is 34.7 Å². The quantitative estimate of drug-likeness (QED) is 0.572. The fraction of sp³-hybridized carbons (Fsp3) is 0.519. The summed E-state index contributed by atoms with van der Waals surface area (Å²) < 4.78 is 40.5. The van der Waals surface area contributed by atoms with Gasteiger partial charge in [-0.3, -0.25) is 4.90 Å². The molecule has 3 fully saturated rings. The molecule has 3 aromatic rings. The molecular formula is C27H33FN4O2S. The molecule has 1 aromatic carbocycles. The number of fused-ring (bicyclic) bond motifs is 1. The summed E-state index contributed by atoms with van der Waals surface area (Å²) in [5.41, 5.74) is 2.77. The largest absolute Gasteiger partial charge is 0.317 e. The van der Waals surface area contributed by atoms with E-state index in [0.717, 1.165) is 49.5 Å². The number of piperidine rings is 2. The Kier molecular flexibility index (Phi) is 5.93. The van der Waals surface area contributed by atoms with Crippen molar-refractivity contribution in [2.75, 3.05) is 25.9 Å². The summed E-state index contributed by atoms with van der Waals surface area (Å²) >= 11 is 0. The first-order valence-corrected chi connectivity index (χ1v) is 14.7. The van der Waals surface area contributed by atoms with Gasteiger partial charge in [-0.1, -0.05) is 12.1 Å². The lowest BCUT2D eigenvalue weighted by Gasteiger charge is -2.45. The van der Waals surface area contributed by atoms with Crippen molar-refractivity contribution >= 4 is 15.5 Å². The Morgan fingerprint density at radius 3 is 2.46 bits per heavy atom. The molecule has 6 nitrogen and oxygen atoms in total. The van der Waals surface area contributed by atoms with Crippen LogP contribution in [0.4, 0.5) is 4.39 Å². The third-order valence-corrected chi connectivity index (χ3v) is 9.34. The van der Waals surface area contributed by atoms with E-state index in [1.807, 2.05) is 6.20 Å². The second-order valence-corrected chi connectivity index (χ2v) is 12.6. The highest BCUT2D eigenvalue weighted by Gasteiger charge is 2.42. The first kappa shape index (κ1) is 23.1. The highest BCUT2D eigenvalue weighted by atomic mass is 32.2. The van der Waals surface area contributed by atoms with Gasteiger partial charge in [0, 0.05) is 36.3 Å². The van der Waals surface area contributed by atoms with Gasteiger partial charge >= 0.3 is 0 Å². The number of hydrogen-bond donors (Lipinski definition) is 1. The maximum Gasteiger partial charge on any atom is 0.175 e. The first-order valence-electron chi connectivity index (χ1n) is 12.8. The van der Waals surface area contributed by atoms with Gasteiger partial charge < -0.3 is 9.72 Å². The Morgan fingerprint density at radius 2 is 1.77 bits per heavy atom. The number of sulfone groups is 1. The molecule has 2 aliphatic heterocycles. The minimum Gasteiger partial charge on any atom is -0.317 e. The smallest absolute Gasteiger partial charge is 0.175 e. The highest BCUT2D eigenvalue weighted by molar-refractivity contribution is 7.90. The SMILES string of the molecule is CS(=O)(=O)c1ccc(-c2cn3cc(C4CCN(C5CCNCC5)[C@@H](C5CC5)C4)cc(F)c3n2)cc1. The summed E-state index contributed by atoms with van der Waals surface area (Å²) in [6.45, 7) is 3.33. The number of pyridine rings is 1. The summed E-state index contributed by atoms with van der Waals surface area (Å²) in [5.74, 6) is 0.860. The van der Waals surface area contributed by atoms with Crippen molar-refractivity contribution in [1.82, 2.24) is 19.6 Å². The van der Waals surface area contributed by atoms with Crippen LogP contribution in [-0.2, 0) is 9.84 Å². The maximum absolute atomic E-state index is 15.2. The van der Waals surface area contributed by atoms with E-state index in [-0.39, 0.29) is 10.7 Å². The fourth-order valence-corrected chi connectivity index (χ4v) is 6.80. The van der Waals surface area contributed by atoms with Crippen LogP contribution in [0.25, 0.3) is 16.9 Å². The van der Waals surface area contributed by atoms with E-state index in [9.17, 15) is 8.42 Å². The van der Waals surface area contributed by atoms with Gasteiger partial charge in [0.15, 0.2) is 21.3 Å². The van der Waals surface area contributed by atoms with Crippen LogP contribution in [0.3, 0.4) is 0 Å². The van der Waals surface area contributed by atoms with E-state index in [0.29, 0.717) is 29.3 Å².